The zero-order chi connectivity index (χ0) is 20.9. The molecule has 2 heterocycles. The molecular formula is C23H20N4O3. The van der Waals surface area contributed by atoms with Gasteiger partial charge in [-0.2, -0.15) is 0 Å². The molecule has 0 unspecified atom stereocenters. The van der Waals surface area contributed by atoms with E-state index in [4.69, 9.17) is 9.47 Å². The predicted molar refractivity (Wildman–Crippen MR) is 116 cm³/mol. The lowest BCUT2D eigenvalue weighted by molar-refractivity contribution is -0.111. The monoisotopic (exact) mass is 400 g/mol. The molecule has 7 heteroatoms. The van der Waals surface area contributed by atoms with Gasteiger partial charge in [0.1, 0.15) is 11.5 Å². The van der Waals surface area contributed by atoms with Crippen molar-refractivity contribution in [2.75, 3.05) is 19.5 Å². The van der Waals surface area contributed by atoms with Crippen molar-refractivity contribution in [3.8, 4) is 22.8 Å². The Kier molecular flexibility index (Phi) is 5.43. The average molecular weight is 400 g/mol. The highest BCUT2D eigenvalue weighted by molar-refractivity contribution is 6.03. The van der Waals surface area contributed by atoms with Gasteiger partial charge >= 0.3 is 0 Å². The third kappa shape index (κ3) is 4.15. The van der Waals surface area contributed by atoms with E-state index < -0.39 is 0 Å². The minimum atomic E-state index is -0.266. The lowest BCUT2D eigenvalue weighted by Gasteiger charge is -2.10. The minimum absolute atomic E-state index is 0.266. The summed E-state index contributed by atoms with van der Waals surface area (Å²) in [6, 6.07) is 14.8. The first-order valence-corrected chi connectivity index (χ1v) is 9.27. The number of rotatable bonds is 6. The van der Waals surface area contributed by atoms with Crippen molar-refractivity contribution in [3.63, 3.8) is 0 Å². The van der Waals surface area contributed by atoms with Crippen LogP contribution in [0.1, 0.15) is 5.56 Å². The molecular weight excluding hydrogens is 380 g/mol. The largest absolute Gasteiger partial charge is 0.497 e. The number of carbonyl (C=O) groups excluding carboxylic acids is 1. The Hall–Kier alpha value is -4.13. The molecule has 2 aromatic carbocycles. The normalized spacial score (nSPS) is 11.0. The van der Waals surface area contributed by atoms with Crippen molar-refractivity contribution in [2.24, 2.45) is 0 Å². The van der Waals surface area contributed by atoms with Crippen molar-refractivity contribution in [2.45, 2.75) is 0 Å². The molecule has 0 radical (unpaired) electrons. The highest BCUT2D eigenvalue weighted by atomic mass is 16.5. The SMILES string of the molecule is COc1ccc(/C=C/C(=O)Nc2cc(-c3cn4cccnc4n3)ccc2OC)cc1. The van der Waals surface area contributed by atoms with Crippen LogP contribution in [0.25, 0.3) is 23.1 Å². The second-order valence-electron chi connectivity index (χ2n) is 6.46. The molecule has 0 spiro atoms. The van der Waals surface area contributed by atoms with Crippen LogP contribution >= 0.6 is 0 Å². The van der Waals surface area contributed by atoms with Gasteiger partial charge < -0.3 is 14.8 Å². The Labute approximate surface area is 173 Å². The van der Waals surface area contributed by atoms with Crippen LogP contribution in [-0.4, -0.2) is 34.5 Å². The molecule has 0 atom stereocenters. The molecule has 0 fully saturated rings. The van der Waals surface area contributed by atoms with E-state index in [0.29, 0.717) is 17.2 Å². The molecule has 30 heavy (non-hydrogen) atoms. The number of fused-ring (bicyclic) bond motifs is 1. The summed E-state index contributed by atoms with van der Waals surface area (Å²) in [5.41, 5.74) is 3.05. The Bertz CT molecular complexity index is 1180. The summed E-state index contributed by atoms with van der Waals surface area (Å²) in [6.45, 7) is 0. The topological polar surface area (TPSA) is 77.8 Å². The number of benzene rings is 2. The summed E-state index contributed by atoms with van der Waals surface area (Å²) in [5, 5.41) is 2.87. The molecule has 2 aromatic heterocycles. The van der Waals surface area contributed by atoms with E-state index in [9.17, 15) is 4.79 Å². The minimum Gasteiger partial charge on any atom is -0.497 e. The van der Waals surface area contributed by atoms with Crippen molar-refractivity contribution >= 4 is 23.4 Å². The molecule has 4 rings (SSSR count). The lowest BCUT2D eigenvalue weighted by atomic mass is 10.1. The van der Waals surface area contributed by atoms with Gasteiger partial charge in [-0.3, -0.25) is 9.20 Å². The molecule has 0 saturated heterocycles. The van der Waals surface area contributed by atoms with Crippen molar-refractivity contribution < 1.29 is 14.3 Å². The number of nitrogens with zero attached hydrogens (tertiary/aromatic N) is 3. The predicted octanol–water partition coefficient (Wildman–Crippen LogP) is 4.07. The van der Waals surface area contributed by atoms with Gasteiger partial charge in [-0.05, 0) is 48.0 Å². The van der Waals surface area contributed by atoms with Gasteiger partial charge in [0.2, 0.25) is 11.7 Å². The van der Waals surface area contributed by atoms with Gasteiger partial charge in [0.25, 0.3) is 0 Å². The number of nitrogens with one attached hydrogen (secondary N) is 1. The van der Waals surface area contributed by atoms with Gasteiger partial charge in [0.15, 0.2) is 0 Å². The number of imidazole rings is 1. The fourth-order valence-electron chi connectivity index (χ4n) is 3.00. The summed E-state index contributed by atoms with van der Waals surface area (Å²) in [5.74, 6) is 1.67. The first-order valence-electron chi connectivity index (χ1n) is 9.27. The molecule has 150 valence electrons. The zero-order valence-electron chi connectivity index (χ0n) is 16.6. The second-order valence-corrected chi connectivity index (χ2v) is 6.46. The third-order valence-electron chi connectivity index (χ3n) is 4.53. The Balaban J connectivity index is 1.55. The Morgan fingerprint density at radius 1 is 1.10 bits per heavy atom. The molecule has 1 amide bonds. The first-order chi connectivity index (χ1) is 14.7. The van der Waals surface area contributed by atoms with Crippen LogP contribution < -0.4 is 14.8 Å². The van der Waals surface area contributed by atoms with Crippen LogP contribution in [0.5, 0.6) is 11.5 Å². The number of aromatic nitrogens is 3. The molecule has 1 N–H and O–H groups in total. The van der Waals surface area contributed by atoms with Gasteiger partial charge in [0.05, 0.1) is 25.6 Å². The molecule has 0 aliphatic carbocycles. The summed E-state index contributed by atoms with van der Waals surface area (Å²) >= 11 is 0. The third-order valence-corrected chi connectivity index (χ3v) is 4.53. The second kappa shape index (κ2) is 8.48. The van der Waals surface area contributed by atoms with Crippen LogP contribution in [0, 0.1) is 0 Å². The summed E-state index contributed by atoms with van der Waals surface area (Å²) in [4.78, 5) is 21.2. The van der Waals surface area contributed by atoms with Gasteiger partial charge in [-0.1, -0.05) is 12.1 Å². The molecule has 7 nitrogen and oxygen atoms in total. The summed E-state index contributed by atoms with van der Waals surface area (Å²) < 4.78 is 12.4. The average Bonchev–Trinajstić information content (AvgIpc) is 3.22. The maximum Gasteiger partial charge on any atom is 0.248 e. The number of amides is 1. The maximum atomic E-state index is 12.5. The Morgan fingerprint density at radius 2 is 1.93 bits per heavy atom. The van der Waals surface area contributed by atoms with E-state index in [1.807, 2.05) is 59.3 Å². The number of anilines is 1. The number of carbonyl (C=O) groups is 1. The van der Waals surface area contributed by atoms with E-state index in [1.54, 1.807) is 32.6 Å². The van der Waals surface area contributed by atoms with Crippen LogP contribution in [0.2, 0.25) is 0 Å². The molecule has 0 bridgehead atoms. The molecule has 0 aliphatic rings. The number of ether oxygens (including phenoxy) is 2. The van der Waals surface area contributed by atoms with Crippen molar-refractivity contribution in [1.29, 1.82) is 0 Å². The smallest absolute Gasteiger partial charge is 0.248 e. The standard InChI is InChI=1S/C23H20N4O3/c1-29-18-8-4-16(5-9-18)6-11-22(28)25-19-14-17(7-10-21(19)30-2)20-15-27-13-3-12-24-23(27)26-20/h3-15H,1-2H3,(H,25,28)/b11-6+. The molecule has 4 aromatic rings. The van der Waals surface area contributed by atoms with Gasteiger partial charge in [0, 0.05) is 30.2 Å². The van der Waals surface area contributed by atoms with Gasteiger partial charge in [-0.15, -0.1) is 0 Å². The van der Waals surface area contributed by atoms with E-state index in [2.05, 4.69) is 15.3 Å². The van der Waals surface area contributed by atoms with E-state index >= 15 is 0 Å². The van der Waals surface area contributed by atoms with Crippen LogP contribution in [-0.2, 0) is 4.79 Å². The quantitative estimate of drug-likeness (QED) is 0.494. The lowest BCUT2D eigenvalue weighted by Crippen LogP contribution is -2.09. The summed E-state index contributed by atoms with van der Waals surface area (Å²) in [7, 11) is 3.18. The van der Waals surface area contributed by atoms with Crippen molar-refractivity contribution in [3.05, 3.63) is 78.8 Å². The number of hydrogen-bond donors (Lipinski definition) is 1. The van der Waals surface area contributed by atoms with Gasteiger partial charge in [-0.25, -0.2) is 9.97 Å². The molecule has 0 aliphatic heterocycles. The highest BCUT2D eigenvalue weighted by Gasteiger charge is 2.11. The maximum absolute atomic E-state index is 12.5. The van der Waals surface area contributed by atoms with E-state index in [-0.39, 0.29) is 5.91 Å². The zero-order valence-corrected chi connectivity index (χ0v) is 16.6. The highest BCUT2D eigenvalue weighted by Crippen LogP contribution is 2.30. The van der Waals surface area contributed by atoms with Crippen molar-refractivity contribution in [1.82, 2.24) is 14.4 Å². The number of methoxy groups -OCH3 is 2. The van der Waals surface area contributed by atoms with Crippen LogP contribution in [0.3, 0.4) is 0 Å². The number of hydrogen-bond acceptors (Lipinski definition) is 5. The van der Waals surface area contributed by atoms with Crippen LogP contribution in [0.15, 0.2) is 73.2 Å². The van der Waals surface area contributed by atoms with Crippen LogP contribution in [0.4, 0.5) is 5.69 Å². The Morgan fingerprint density at radius 3 is 2.67 bits per heavy atom. The summed E-state index contributed by atoms with van der Waals surface area (Å²) in [6.07, 6.45) is 8.68. The first kappa shape index (κ1) is 19.2. The van der Waals surface area contributed by atoms with E-state index in [1.165, 1.54) is 6.08 Å². The fourth-order valence-corrected chi connectivity index (χ4v) is 3.00. The molecule has 0 saturated carbocycles. The fraction of sp³-hybridized carbons (Fsp3) is 0.0870. The van der Waals surface area contributed by atoms with E-state index in [0.717, 1.165) is 22.6 Å².